The van der Waals surface area contributed by atoms with Gasteiger partial charge in [-0.1, -0.05) is 24.3 Å². The van der Waals surface area contributed by atoms with E-state index in [1.807, 2.05) is 0 Å². The monoisotopic (exact) mass is 624 g/mol. The van der Waals surface area contributed by atoms with Crippen molar-refractivity contribution < 1.29 is 28.4 Å². The van der Waals surface area contributed by atoms with Gasteiger partial charge in [-0.05, 0) is 123 Å². The van der Waals surface area contributed by atoms with E-state index in [0.29, 0.717) is 39.6 Å². The minimum atomic E-state index is 0.235. The van der Waals surface area contributed by atoms with Crippen LogP contribution in [0.25, 0.3) is 10.8 Å². The van der Waals surface area contributed by atoms with Crippen LogP contribution in [0.15, 0.2) is 48.3 Å². The van der Waals surface area contributed by atoms with E-state index in [0.717, 1.165) is 58.5 Å². The van der Waals surface area contributed by atoms with Crippen LogP contribution < -0.4 is 9.47 Å². The molecule has 2 aliphatic heterocycles. The van der Waals surface area contributed by atoms with Crippen LogP contribution in [-0.4, -0.2) is 39.6 Å². The van der Waals surface area contributed by atoms with Crippen molar-refractivity contribution in [1.29, 1.82) is 0 Å². The lowest BCUT2D eigenvalue weighted by Crippen LogP contribution is -2.48. The van der Waals surface area contributed by atoms with E-state index in [9.17, 15) is 0 Å². The van der Waals surface area contributed by atoms with E-state index in [-0.39, 0.29) is 10.8 Å². The Kier molecular flexibility index (Phi) is 6.72. The summed E-state index contributed by atoms with van der Waals surface area (Å²) in [7, 11) is 0. The second-order valence-corrected chi connectivity index (χ2v) is 16.6. The maximum absolute atomic E-state index is 6.88. The van der Waals surface area contributed by atoms with Crippen LogP contribution in [0.5, 0.6) is 11.5 Å². The maximum Gasteiger partial charge on any atom is 0.164 e. The summed E-state index contributed by atoms with van der Waals surface area (Å²) in [5, 5.41) is 2.42. The lowest BCUT2D eigenvalue weighted by molar-refractivity contribution is -0.00690. The lowest BCUT2D eigenvalue weighted by Gasteiger charge is -2.57. The Morgan fingerprint density at radius 1 is 0.500 bits per heavy atom. The van der Waals surface area contributed by atoms with Gasteiger partial charge >= 0.3 is 0 Å². The van der Waals surface area contributed by atoms with Crippen molar-refractivity contribution in [3.05, 3.63) is 59.4 Å². The molecular formula is C40H48O6. The first-order valence-corrected chi connectivity index (χ1v) is 18.3. The van der Waals surface area contributed by atoms with Gasteiger partial charge in [0.15, 0.2) is 11.5 Å². The van der Waals surface area contributed by atoms with E-state index >= 15 is 0 Å². The number of fused-ring (bicyclic) bond motifs is 1. The van der Waals surface area contributed by atoms with Crippen LogP contribution in [0.1, 0.15) is 88.2 Å². The average Bonchev–Trinajstić information content (AvgIpc) is 3.96. The molecule has 8 fully saturated rings. The molecule has 2 aromatic carbocycles. The van der Waals surface area contributed by atoms with Crippen LogP contribution >= 0.6 is 0 Å². The van der Waals surface area contributed by atoms with Crippen molar-refractivity contribution >= 4 is 10.8 Å². The van der Waals surface area contributed by atoms with Crippen LogP contribution in [0.4, 0.5) is 0 Å². The SMILES string of the molecule is C1=C(COCCOc2c(C34CC5CC(CC(C5)C3)C4)ccc3c(OCCOCC4=CO4)c(C45CC6CC(CC(C6)C4)C5)ccc23)O1. The molecular weight excluding hydrogens is 576 g/mol. The van der Waals surface area contributed by atoms with Gasteiger partial charge in [0.1, 0.15) is 50.5 Å². The van der Waals surface area contributed by atoms with Crippen molar-refractivity contribution in [2.45, 2.75) is 87.9 Å². The molecule has 0 unspecified atom stereocenters. The molecule has 0 atom stereocenters. The van der Waals surface area contributed by atoms with Gasteiger partial charge in [0, 0.05) is 21.9 Å². The summed E-state index contributed by atoms with van der Waals surface area (Å²) in [4.78, 5) is 0. The fourth-order valence-corrected chi connectivity index (χ4v) is 12.3. The Bertz CT molecular complexity index is 1400. The summed E-state index contributed by atoms with van der Waals surface area (Å²) in [5.74, 6) is 9.25. The first-order valence-electron chi connectivity index (χ1n) is 18.3. The molecule has 0 saturated heterocycles. The van der Waals surface area contributed by atoms with Gasteiger partial charge in [-0.25, -0.2) is 0 Å². The van der Waals surface area contributed by atoms with Gasteiger partial charge in [-0.2, -0.15) is 0 Å². The summed E-state index contributed by atoms with van der Waals surface area (Å²) >= 11 is 0. The van der Waals surface area contributed by atoms with Crippen LogP contribution in [0.3, 0.4) is 0 Å². The molecule has 10 aliphatic rings. The molecule has 6 heteroatoms. The zero-order valence-corrected chi connectivity index (χ0v) is 27.1. The van der Waals surface area contributed by atoms with Gasteiger partial charge in [-0.3, -0.25) is 0 Å². The molecule has 2 heterocycles. The third-order valence-corrected chi connectivity index (χ3v) is 13.3. The Balaban J connectivity index is 1.04. The summed E-state index contributed by atoms with van der Waals surface area (Å²) in [6, 6.07) is 9.73. The molecule has 0 aromatic heterocycles. The summed E-state index contributed by atoms with van der Waals surface area (Å²) in [6.45, 7) is 3.21. The molecule has 0 spiro atoms. The smallest absolute Gasteiger partial charge is 0.164 e. The van der Waals surface area contributed by atoms with Crippen molar-refractivity contribution in [2.75, 3.05) is 39.6 Å². The van der Waals surface area contributed by atoms with Crippen molar-refractivity contribution in [3.8, 4) is 11.5 Å². The molecule has 2 aromatic rings. The van der Waals surface area contributed by atoms with Crippen LogP contribution in [-0.2, 0) is 29.8 Å². The van der Waals surface area contributed by atoms with E-state index in [4.69, 9.17) is 28.4 Å². The molecule has 0 N–H and O–H groups in total. The Labute approximate surface area is 272 Å². The standard InChI is InChI=1S/C40H48O6/c1-3-35(39-15-25-9-26(16-39)11-27(10-25)17-39)38(44-8-6-42-22-32-24-46-32)34-2-4-36(37(33(1)34)43-7-5-41-21-31-23-45-31)40-18-28-12-29(19-40)14-30(13-28)20-40/h1-4,23-30H,5-22H2. The normalized spacial score (nSPS) is 37.1. The highest BCUT2D eigenvalue weighted by Crippen LogP contribution is 2.64. The average molecular weight is 625 g/mol. The second-order valence-electron chi connectivity index (χ2n) is 16.6. The van der Waals surface area contributed by atoms with E-state index < -0.39 is 0 Å². The Morgan fingerprint density at radius 3 is 1.17 bits per heavy atom. The maximum atomic E-state index is 6.88. The Hall–Kier alpha value is -2.70. The van der Waals surface area contributed by atoms with Crippen LogP contribution in [0, 0.1) is 35.5 Å². The topological polar surface area (TPSA) is 62.0 Å². The van der Waals surface area contributed by atoms with Gasteiger partial charge < -0.3 is 28.4 Å². The molecule has 0 amide bonds. The van der Waals surface area contributed by atoms with Crippen molar-refractivity contribution in [3.63, 3.8) is 0 Å². The molecule has 244 valence electrons. The van der Waals surface area contributed by atoms with E-state index in [1.165, 1.54) is 98.9 Å². The fraction of sp³-hybridized carbons (Fsp3) is 0.650. The van der Waals surface area contributed by atoms with Gasteiger partial charge in [0.2, 0.25) is 0 Å². The molecule has 8 saturated carbocycles. The minimum absolute atomic E-state index is 0.235. The summed E-state index contributed by atoms with van der Waals surface area (Å²) < 4.78 is 35.8. The molecule has 0 radical (unpaired) electrons. The van der Waals surface area contributed by atoms with Gasteiger partial charge in [-0.15, -0.1) is 0 Å². The third kappa shape index (κ3) is 5.05. The Morgan fingerprint density at radius 2 is 0.848 bits per heavy atom. The third-order valence-electron chi connectivity index (χ3n) is 13.3. The lowest BCUT2D eigenvalue weighted by atomic mass is 9.47. The van der Waals surface area contributed by atoms with E-state index in [1.54, 1.807) is 12.5 Å². The molecule has 8 bridgehead atoms. The zero-order chi connectivity index (χ0) is 30.3. The highest BCUT2D eigenvalue weighted by molar-refractivity contribution is 5.96. The predicted molar refractivity (Wildman–Crippen MR) is 175 cm³/mol. The molecule has 6 nitrogen and oxygen atoms in total. The number of hydrogen-bond acceptors (Lipinski definition) is 6. The number of benzene rings is 2. The quantitative estimate of drug-likeness (QED) is 0.197. The van der Waals surface area contributed by atoms with Crippen LogP contribution in [0.2, 0.25) is 0 Å². The summed E-state index contributed by atoms with van der Waals surface area (Å²) in [6.07, 6.45) is 20.0. The molecule has 12 rings (SSSR count). The van der Waals surface area contributed by atoms with Crippen molar-refractivity contribution in [1.82, 2.24) is 0 Å². The first kappa shape index (κ1) is 28.3. The largest absolute Gasteiger partial charge is 0.490 e. The highest BCUT2D eigenvalue weighted by atomic mass is 16.6. The predicted octanol–water partition coefficient (Wildman–Crippen LogP) is 8.31. The zero-order valence-electron chi connectivity index (χ0n) is 27.1. The number of hydrogen-bond donors (Lipinski definition) is 0. The van der Waals surface area contributed by atoms with Gasteiger partial charge in [0.05, 0.1) is 13.2 Å². The van der Waals surface area contributed by atoms with E-state index in [2.05, 4.69) is 24.3 Å². The second kappa shape index (κ2) is 10.9. The molecule has 8 aliphatic carbocycles. The highest BCUT2D eigenvalue weighted by Gasteiger charge is 2.54. The molecule has 46 heavy (non-hydrogen) atoms. The fourth-order valence-electron chi connectivity index (χ4n) is 12.3. The van der Waals surface area contributed by atoms with Crippen molar-refractivity contribution in [2.24, 2.45) is 35.5 Å². The number of ether oxygens (including phenoxy) is 6. The summed E-state index contributed by atoms with van der Waals surface area (Å²) in [5.41, 5.74) is 3.36. The minimum Gasteiger partial charge on any atom is -0.490 e. The van der Waals surface area contributed by atoms with Gasteiger partial charge in [0.25, 0.3) is 0 Å². The number of rotatable bonds is 14. The first-order chi connectivity index (χ1) is 22.6.